The number of aromatic nitrogens is 1. The van der Waals surface area contributed by atoms with Crippen molar-refractivity contribution in [1.29, 1.82) is 0 Å². The second kappa shape index (κ2) is 5.25. The molecule has 0 radical (unpaired) electrons. The molecule has 0 saturated carbocycles. The van der Waals surface area contributed by atoms with E-state index in [1.54, 1.807) is 6.20 Å². The lowest BCUT2D eigenvalue weighted by Crippen LogP contribution is -2.18. The Kier molecular flexibility index (Phi) is 3.71. The predicted molar refractivity (Wildman–Crippen MR) is 66.5 cm³/mol. The van der Waals surface area contributed by atoms with Gasteiger partial charge in [0.2, 0.25) is 0 Å². The number of pyridine rings is 1. The number of rotatable bonds is 3. The normalized spacial score (nSPS) is 12.4. The molecule has 17 heavy (non-hydrogen) atoms. The van der Waals surface area contributed by atoms with Gasteiger partial charge in [0.15, 0.2) is 0 Å². The van der Waals surface area contributed by atoms with Gasteiger partial charge in [0, 0.05) is 11.2 Å². The Labute approximate surface area is 104 Å². The molecule has 0 aliphatic heterocycles. The van der Waals surface area contributed by atoms with Gasteiger partial charge < -0.3 is 5.32 Å². The van der Waals surface area contributed by atoms with Crippen LogP contribution in [0.4, 0.5) is 4.39 Å². The van der Waals surface area contributed by atoms with E-state index in [4.69, 9.17) is 11.6 Å². The summed E-state index contributed by atoms with van der Waals surface area (Å²) in [6, 6.07) is 8.83. The number of halogens is 2. The van der Waals surface area contributed by atoms with Crippen LogP contribution < -0.4 is 5.32 Å². The highest BCUT2D eigenvalue weighted by Crippen LogP contribution is 2.23. The zero-order chi connectivity index (χ0) is 12.3. The van der Waals surface area contributed by atoms with Crippen LogP contribution in [0.15, 0.2) is 42.7 Å². The molecule has 4 heteroatoms. The van der Waals surface area contributed by atoms with E-state index in [-0.39, 0.29) is 11.9 Å². The van der Waals surface area contributed by atoms with Gasteiger partial charge in [-0.15, -0.1) is 0 Å². The molecule has 0 amide bonds. The molecular weight excluding hydrogens is 239 g/mol. The molecule has 0 fully saturated rings. The first-order valence-electron chi connectivity index (χ1n) is 5.24. The summed E-state index contributed by atoms with van der Waals surface area (Å²) in [4.78, 5) is 3.85. The summed E-state index contributed by atoms with van der Waals surface area (Å²) in [5.74, 6) is -0.343. The lowest BCUT2D eigenvalue weighted by Gasteiger charge is -2.17. The smallest absolute Gasteiger partial charge is 0.141 e. The van der Waals surface area contributed by atoms with Crippen LogP contribution in [0, 0.1) is 5.82 Å². The third-order valence-electron chi connectivity index (χ3n) is 2.53. The summed E-state index contributed by atoms with van der Waals surface area (Å²) in [5.41, 5.74) is 1.75. The molecule has 1 N–H and O–H groups in total. The molecule has 2 aromatic rings. The Morgan fingerprint density at radius 1 is 1.24 bits per heavy atom. The molecule has 0 bridgehead atoms. The minimum Gasteiger partial charge on any atom is -0.309 e. The summed E-state index contributed by atoms with van der Waals surface area (Å²) in [5, 5.41) is 3.78. The highest BCUT2D eigenvalue weighted by molar-refractivity contribution is 6.30. The van der Waals surface area contributed by atoms with Gasteiger partial charge in [-0.25, -0.2) is 4.39 Å². The molecular formula is C13H12ClFN2. The fourth-order valence-corrected chi connectivity index (χ4v) is 2.00. The van der Waals surface area contributed by atoms with Gasteiger partial charge in [0.25, 0.3) is 0 Å². The van der Waals surface area contributed by atoms with Crippen LogP contribution in [0.1, 0.15) is 17.2 Å². The summed E-state index contributed by atoms with van der Waals surface area (Å²) < 4.78 is 13.1. The van der Waals surface area contributed by atoms with Crippen molar-refractivity contribution in [2.24, 2.45) is 0 Å². The first kappa shape index (κ1) is 12.0. The van der Waals surface area contributed by atoms with E-state index in [2.05, 4.69) is 10.3 Å². The third kappa shape index (κ3) is 2.81. The summed E-state index contributed by atoms with van der Waals surface area (Å²) in [7, 11) is 1.82. The molecule has 1 unspecified atom stereocenters. The Hall–Kier alpha value is -1.45. The molecule has 2 nitrogen and oxygen atoms in total. The van der Waals surface area contributed by atoms with Crippen LogP contribution in [0.3, 0.4) is 0 Å². The molecule has 88 valence electrons. The highest BCUT2D eigenvalue weighted by atomic mass is 35.5. The Balaban J connectivity index is 2.40. The van der Waals surface area contributed by atoms with Gasteiger partial charge >= 0.3 is 0 Å². The number of nitrogens with one attached hydrogen (secondary N) is 1. The summed E-state index contributed by atoms with van der Waals surface area (Å²) in [6.07, 6.45) is 2.83. The maximum Gasteiger partial charge on any atom is 0.141 e. The minimum atomic E-state index is -0.343. The molecule has 2 rings (SSSR count). The zero-order valence-electron chi connectivity index (χ0n) is 9.32. The largest absolute Gasteiger partial charge is 0.309 e. The topological polar surface area (TPSA) is 24.9 Å². The van der Waals surface area contributed by atoms with Crippen molar-refractivity contribution in [2.45, 2.75) is 6.04 Å². The van der Waals surface area contributed by atoms with Crippen molar-refractivity contribution in [3.63, 3.8) is 0 Å². The molecule has 0 aliphatic rings. The first-order chi connectivity index (χ1) is 8.20. The van der Waals surface area contributed by atoms with Gasteiger partial charge in [-0.05, 0) is 36.4 Å². The Bertz CT molecular complexity index is 471. The molecule has 1 aromatic carbocycles. The molecule has 1 heterocycles. The second-order valence-electron chi connectivity index (χ2n) is 3.71. The molecule has 0 saturated heterocycles. The van der Waals surface area contributed by atoms with Gasteiger partial charge in [-0.1, -0.05) is 23.7 Å². The minimum absolute atomic E-state index is 0.114. The van der Waals surface area contributed by atoms with Gasteiger partial charge in [-0.3, -0.25) is 4.98 Å². The SMILES string of the molecule is CNC(c1cncc(F)c1)c1cccc(Cl)c1. The van der Waals surface area contributed by atoms with Crippen molar-refractivity contribution in [1.82, 2.24) is 10.3 Å². The lowest BCUT2D eigenvalue weighted by atomic mass is 10.0. The van der Waals surface area contributed by atoms with Gasteiger partial charge in [-0.2, -0.15) is 0 Å². The monoisotopic (exact) mass is 250 g/mol. The summed E-state index contributed by atoms with van der Waals surface area (Å²) in [6.45, 7) is 0. The standard InChI is InChI=1S/C13H12ClFN2/c1-16-13(9-3-2-4-11(14)5-9)10-6-12(15)8-17-7-10/h2-8,13,16H,1H3. The van der Waals surface area contributed by atoms with E-state index in [0.717, 1.165) is 11.1 Å². The van der Waals surface area contributed by atoms with E-state index in [0.29, 0.717) is 5.02 Å². The van der Waals surface area contributed by atoms with Crippen LogP contribution in [-0.2, 0) is 0 Å². The molecule has 1 atom stereocenters. The Morgan fingerprint density at radius 2 is 2.06 bits per heavy atom. The van der Waals surface area contributed by atoms with E-state index < -0.39 is 0 Å². The van der Waals surface area contributed by atoms with Gasteiger partial charge in [0.1, 0.15) is 5.82 Å². The third-order valence-corrected chi connectivity index (χ3v) is 2.77. The Morgan fingerprint density at radius 3 is 2.71 bits per heavy atom. The maximum absolute atomic E-state index is 13.1. The number of nitrogens with zero attached hydrogens (tertiary/aromatic N) is 1. The first-order valence-corrected chi connectivity index (χ1v) is 5.61. The van der Waals surface area contributed by atoms with Crippen molar-refractivity contribution >= 4 is 11.6 Å². The molecule has 1 aromatic heterocycles. The average Bonchev–Trinajstić information content (AvgIpc) is 2.30. The number of hydrogen-bond acceptors (Lipinski definition) is 2. The van der Waals surface area contributed by atoms with E-state index in [1.165, 1.54) is 12.3 Å². The van der Waals surface area contributed by atoms with Crippen LogP contribution in [-0.4, -0.2) is 12.0 Å². The van der Waals surface area contributed by atoms with Crippen LogP contribution >= 0.6 is 11.6 Å². The number of benzene rings is 1. The maximum atomic E-state index is 13.1. The highest BCUT2D eigenvalue weighted by Gasteiger charge is 2.13. The van der Waals surface area contributed by atoms with Crippen LogP contribution in [0.5, 0.6) is 0 Å². The average molecular weight is 251 g/mol. The van der Waals surface area contributed by atoms with Crippen LogP contribution in [0.2, 0.25) is 5.02 Å². The van der Waals surface area contributed by atoms with E-state index >= 15 is 0 Å². The quantitative estimate of drug-likeness (QED) is 0.905. The second-order valence-corrected chi connectivity index (χ2v) is 4.15. The molecule has 0 spiro atoms. The van der Waals surface area contributed by atoms with Gasteiger partial charge in [0.05, 0.1) is 12.2 Å². The fourth-order valence-electron chi connectivity index (χ4n) is 1.80. The lowest BCUT2D eigenvalue weighted by molar-refractivity contribution is 0.608. The predicted octanol–water partition coefficient (Wildman–Crippen LogP) is 3.18. The molecule has 0 aliphatic carbocycles. The van der Waals surface area contributed by atoms with E-state index in [9.17, 15) is 4.39 Å². The fraction of sp³-hybridized carbons (Fsp3) is 0.154. The van der Waals surface area contributed by atoms with Crippen molar-refractivity contribution in [3.8, 4) is 0 Å². The van der Waals surface area contributed by atoms with Crippen molar-refractivity contribution < 1.29 is 4.39 Å². The zero-order valence-corrected chi connectivity index (χ0v) is 10.1. The summed E-state index contributed by atoms with van der Waals surface area (Å²) >= 11 is 5.95. The van der Waals surface area contributed by atoms with Crippen molar-refractivity contribution in [2.75, 3.05) is 7.05 Å². The number of hydrogen-bond donors (Lipinski definition) is 1. The van der Waals surface area contributed by atoms with Crippen LogP contribution in [0.25, 0.3) is 0 Å². The van der Waals surface area contributed by atoms with E-state index in [1.807, 2.05) is 31.3 Å². The van der Waals surface area contributed by atoms with Crippen molar-refractivity contribution in [3.05, 3.63) is 64.7 Å².